The Morgan fingerprint density at radius 3 is 0.850 bits per heavy atom. The summed E-state index contributed by atoms with van der Waals surface area (Å²) < 4.78 is 38.4. The lowest BCUT2D eigenvalue weighted by atomic mass is 10.0. The summed E-state index contributed by atoms with van der Waals surface area (Å²) in [6.07, 6.45) is 0. The van der Waals surface area contributed by atoms with Crippen LogP contribution in [0.4, 0.5) is 0 Å². The number of hydrogen-bond acceptors (Lipinski definition) is 7. The fourth-order valence-electron chi connectivity index (χ4n) is 4.29. The van der Waals surface area contributed by atoms with Crippen molar-refractivity contribution in [3.8, 4) is 11.5 Å². The van der Waals surface area contributed by atoms with Crippen LogP contribution in [0.3, 0.4) is 0 Å². The summed E-state index contributed by atoms with van der Waals surface area (Å²) >= 11 is 0. The summed E-state index contributed by atoms with van der Waals surface area (Å²) in [5.41, 5.74) is 1.15. The van der Waals surface area contributed by atoms with Gasteiger partial charge in [0, 0.05) is 24.2 Å². The quantitative estimate of drug-likeness (QED) is 0.150. The molecule has 0 radical (unpaired) electrons. The first kappa shape index (κ1) is 35.0. The van der Waals surface area contributed by atoms with Crippen LogP contribution in [0, 0.1) is 0 Å². The van der Waals surface area contributed by atoms with E-state index in [-0.39, 0.29) is 5.78 Å². The summed E-state index contributed by atoms with van der Waals surface area (Å²) in [7, 11) is -13.4. The van der Waals surface area contributed by atoms with Crippen molar-refractivity contribution in [1.29, 1.82) is 0 Å². The molecule has 0 spiro atoms. The topological polar surface area (TPSA) is 72.5 Å². The van der Waals surface area contributed by atoms with E-state index in [0.717, 1.165) is 0 Å². The molecule has 0 atom stereocenters. The van der Waals surface area contributed by atoms with Crippen molar-refractivity contribution >= 4 is 56.7 Å². The summed E-state index contributed by atoms with van der Waals surface area (Å²) in [4.78, 5) is 13.2. The number of rotatable bonds is 14. The zero-order valence-corrected chi connectivity index (χ0v) is 33.0. The number of carbonyl (C=O) groups excluding carboxylic acids is 1. The molecule has 0 aliphatic carbocycles. The van der Waals surface area contributed by atoms with Gasteiger partial charge in [-0.25, -0.2) is 0 Å². The van der Waals surface area contributed by atoms with Crippen LogP contribution in [0.2, 0.25) is 91.7 Å². The normalized spacial score (nSPS) is 13.8. The van der Waals surface area contributed by atoms with E-state index in [1.54, 1.807) is 24.3 Å². The fourth-order valence-corrected chi connectivity index (χ4v) is 25.0. The lowest BCUT2D eigenvalue weighted by Crippen LogP contribution is -2.56. The standard InChI is InChI=1S/C27H50O7Si6/c1-35(2,3)31-39(13,32-36(4,5)6)29-25-19-15-23(16-20-25)27(28)24-17-21-26(22-18-24)30-40(14,33-37(7,8)9)34-38(10,11)12/h15-22H,1-14H3. The molecule has 0 bridgehead atoms. The molecule has 2 aromatic carbocycles. The predicted octanol–water partition coefficient (Wildman–Crippen LogP) is 8.22. The Balaban J connectivity index is 2.19. The highest BCUT2D eigenvalue weighted by molar-refractivity contribution is 6.86. The average Bonchev–Trinajstić information content (AvgIpc) is 2.68. The van der Waals surface area contributed by atoms with E-state index in [1.165, 1.54) is 0 Å². The van der Waals surface area contributed by atoms with Gasteiger partial charge in [-0.3, -0.25) is 4.79 Å². The Labute approximate surface area is 248 Å². The highest BCUT2D eigenvalue weighted by Crippen LogP contribution is 2.27. The summed E-state index contributed by atoms with van der Waals surface area (Å²) in [6, 6.07) is 14.4. The molecule has 0 aromatic heterocycles. The van der Waals surface area contributed by atoms with Crippen LogP contribution in [-0.4, -0.2) is 56.7 Å². The lowest BCUT2D eigenvalue weighted by Gasteiger charge is -2.37. The first-order valence-electron chi connectivity index (χ1n) is 13.8. The molecule has 0 unspecified atom stereocenters. The van der Waals surface area contributed by atoms with Crippen molar-refractivity contribution in [3.05, 3.63) is 59.7 Å². The first-order chi connectivity index (χ1) is 17.9. The zero-order chi connectivity index (χ0) is 30.8. The molecular formula is C27H50O7Si6. The predicted molar refractivity (Wildman–Crippen MR) is 179 cm³/mol. The van der Waals surface area contributed by atoms with Crippen LogP contribution in [-0.2, 0) is 16.5 Å². The molecule has 40 heavy (non-hydrogen) atoms. The van der Waals surface area contributed by atoms with Gasteiger partial charge in [0.05, 0.1) is 0 Å². The molecule has 0 aliphatic rings. The summed E-state index contributed by atoms with van der Waals surface area (Å²) in [5, 5.41) is 0. The van der Waals surface area contributed by atoms with Crippen LogP contribution in [0.5, 0.6) is 11.5 Å². The molecule has 224 valence electrons. The van der Waals surface area contributed by atoms with E-state index < -0.39 is 50.9 Å². The maximum atomic E-state index is 13.2. The molecule has 0 saturated carbocycles. The van der Waals surface area contributed by atoms with E-state index in [0.29, 0.717) is 22.6 Å². The minimum absolute atomic E-state index is 0.0773. The van der Waals surface area contributed by atoms with Crippen molar-refractivity contribution in [1.82, 2.24) is 0 Å². The third-order valence-electron chi connectivity index (χ3n) is 4.81. The number of ketones is 1. The Hall–Kier alpha value is -1.15. The summed E-state index contributed by atoms with van der Waals surface area (Å²) in [5.74, 6) is 1.20. The van der Waals surface area contributed by atoms with Gasteiger partial charge in [-0.15, -0.1) is 0 Å². The number of carbonyl (C=O) groups is 1. The zero-order valence-electron chi connectivity index (χ0n) is 27.0. The molecule has 13 heteroatoms. The van der Waals surface area contributed by atoms with Crippen molar-refractivity contribution < 1.29 is 30.1 Å². The minimum Gasteiger partial charge on any atom is -0.502 e. The van der Waals surface area contributed by atoms with E-state index >= 15 is 0 Å². The second kappa shape index (κ2) is 12.6. The number of benzene rings is 2. The molecule has 0 fully saturated rings. The van der Waals surface area contributed by atoms with E-state index in [9.17, 15) is 4.79 Å². The Morgan fingerprint density at radius 1 is 0.425 bits per heavy atom. The van der Waals surface area contributed by atoms with Gasteiger partial charge in [0.15, 0.2) is 39.1 Å². The monoisotopic (exact) mass is 654 g/mol. The van der Waals surface area contributed by atoms with Crippen molar-refractivity contribution in [2.24, 2.45) is 0 Å². The average molecular weight is 655 g/mol. The number of hydrogen-bond donors (Lipinski definition) is 0. The van der Waals surface area contributed by atoms with E-state index in [1.807, 2.05) is 37.4 Å². The highest BCUT2D eigenvalue weighted by atomic mass is 28.5. The van der Waals surface area contributed by atoms with Crippen LogP contribution in [0.25, 0.3) is 0 Å². The van der Waals surface area contributed by atoms with Gasteiger partial charge in [-0.1, -0.05) is 0 Å². The third kappa shape index (κ3) is 12.8. The van der Waals surface area contributed by atoms with Gasteiger partial charge in [0.1, 0.15) is 11.5 Å². The fraction of sp³-hybridized carbons (Fsp3) is 0.519. The SMILES string of the molecule is C[Si](C)(C)O[Si](C)(Oc1ccc(C(=O)c2ccc(O[Si](C)(O[Si](C)(C)C)O[Si](C)(C)C)cc2)cc1)O[Si](C)(C)C. The van der Waals surface area contributed by atoms with Gasteiger partial charge in [0.25, 0.3) is 0 Å². The molecule has 0 aliphatic heterocycles. The van der Waals surface area contributed by atoms with Crippen LogP contribution in [0.1, 0.15) is 15.9 Å². The van der Waals surface area contributed by atoms with Crippen molar-refractivity contribution in [3.63, 3.8) is 0 Å². The van der Waals surface area contributed by atoms with Gasteiger partial charge in [-0.2, -0.15) is 0 Å². The maximum absolute atomic E-state index is 13.2. The van der Waals surface area contributed by atoms with E-state index in [4.69, 9.17) is 25.3 Å². The largest absolute Gasteiger partial charge is 0.541 e. The van der Waals surface area contributed by atoms with Gasteiger partial charge in [-0.05, 0) is 127 Å². The molecular weight excluding hydrogens is 605 g/mol. The van der Waals surface area contributed by atoms with Crippen LogP contribution >= 0.6 is 0 Å². The van der Waals surface area contributed by atoms with Gasteiger partial charge >= 0.3 is 17.6 Å². The molecule has 0 saturated heterocycles. The first-order valence-corrected chi connectivity index (χ1v) is 31.9. The molecule has 0 amide bonds. The van der Waals surface area contributed by atoms with Crippen molar-refractivity contribution in [2.75, 3.05) is 0 Å². The second-order valence-corrected chi connectivity index (χ2v) is 38.2. The lowest BCUT2D eigenvalue weighted by molar-refractivity contribution is 0.103. The second-order valence-electron chi connectivity index (χ2n) is 14.2. The Morgan fingerprint density at radius 2 is 0.650 bits per heavy atom. The van der Waals surface area contributed by atoms with Crippen molar-refractivity contribution in [2.45, 2.75) is 91.7 Å². The molecule has 7 nitrogen and oxygen atoms in total. The smallest absolute Gasteiger partial charge is 0.502 e. The molecule has 0 heterocycles. The van der Waals surface area contributed by atoms with E-state index in [2.05, 4.69) is 78.6 Å². The van der Waals surface area contributed by atoms with Crippen LogP contribution in [0.15, 0.2) is 48.5 Å². The summed E-state index contributed by atoms with van der Waals surface area (Å²) in [6.45, 7) is 29.5. The Bertz CT molecular complexity index is 1010. The highest BCUT2D eigenvalue weighted by Gasteiger charge is 2.46. The maximum Gasteiger partial charge on any atom is 0.541 e. The molecule has 2 rings (SSSR count). The van der Waals surface area contributed by atoms with Crippen LogP contribution < -0.4 is 8.85 Å². The van der Waals surface area contributed by atoms with Gasteiger partial charge in [0.2, 0.25) is 0 Å². The molecule has 2 aromatic rings. The Kier molecular flexibility index (Phi) is 11.0. The third-order valence-corrected chi connectivity index (χ3v) is 21.7. The van der Waals surface area contributed by atoms with Gasteiger partial charge < -0.3 is 25.3 Å². The molecule has 0 N–H and O–H groups in total. The minimum atomic E-state index is -2.91.